The van der Waals surface area contributed by atoms with Crippen molar-refractivity contribution in [2.45, 2.75) is 19.0 Å². The van der Waals surface area contributed by atoms with Crippen molar-refractivity contribution in [1.82, 2.24) is 10.3 Å². The van der Waals surface area contributed by atoms with Crippen LogP contribution >= 0.6 is 23.8 Å². The van der Waals surface area contributed by atoms with E-state index in [4.69, 9.17) is 28.2 Å². The van der Waals surface area contributed by atoms with Crippen LogP contribution in [0.1, 0.15) is 29.1 Å². The molecule has 160 valence electrons. The van der Waals surface area contributed by atoms with E-state index in [1.54, 1.807) is 18.3 Å². The Morgan fingerprint density at radius 3 is 2.66 bits per heavy atom. The lowest BCUT2D eigenvalue weighted by molar-refractivity contribution is 0.434. The van der Waals surface area contributed by atoms with Gasteiger partial charge in [0, 0.05) is 16.8 Å². The molecule has 1 aliphatic rings. The van der Waals surface area contributed by atoms with Crippen molar-refractivity contribution in [3.8, 4) is 17.1 Å². The van der Waals surface area contributed by atoms with E-state index < -0.39 is 0 Å². The number of rotatable bonds is 4. The van der Waals surface area contributed by atoms with Crippen LogP contribution in [0.15, 0.2) is 83.4 Å². The Morgan fingerprint density at radius 1 is 1.06 bits per heavy atom. The zero-order valence-electron chi connectivity index (χ0n) is 17.2. The van der Waals surface area contributed by atoms with Crippen molar-refractivity contribution in [3.05, 3.63) is 101 Å². The Labute approximate surface area is 196 Å². The van der Waals surface area contributed by atoms with E-state index in [0.717, 1.165) is 22.6 Å². The van der Waals surface area contributed by atoms with Crippen LogP contribution < -0.4 is 10.2 Å². The zero-order chi connectivity index (χ0) is 22.2. The third-order valence-corrected chi connectivity index (χ3v) is 6.17. The Hall–Kier alpha value is -3.35. The van der Waals surface area contributed by atoms with Gasteiger partial charge in [0.2, 0.25) is 0 Å². The Bertz CT molecular complexity index is 1290. The number of anilines is 1. The van der Waals surface area contributed by atoms with Crippen LogP contribution in [0.4, 0.5) is 5.69 Å². The number of pyridine rings is 1. The molecule has 2 N–H and O–H groups in total. The number of phenols is 1. The third kappa shape index (κ3) is 3.61. The van der Waals surface area contributed by atoms with Gasteiger partial charge in [-0.15, -0.1) is 0 Å². The summed E-state index contributed by atoms with van der Waals surface area (Å²) in [6, 6.07) is 21.9. The quantitative estimate of drug-likeness (QED) is 0.353. The van der Waals surface area contributed by atoms with Crippen molar-refractivity contribution in [3.63, 3.8) is 0 Å². The minimum atomic E-state index is -0.348. The molecule has 0 amide bonds. The molecule has 5 nitrogen and oxygen atoms in total. The van der Waals surface area contributed by atoms with Crippen LogP contribution in [0.2, 0.25) is 5.02 Å². The number of aryl methyl sites for hydroxylation is 1. The van der Waals surface area contributed by atoms with E-state index in [0.29, 0.717) is 21.6 Å². The third-order valence-electron chi connectivity index (χ3n) is 5.62. The lowest BCUT2D eigenvalue weighted by atomic mass is 10.0. The molecular weight excluding hydrogens is 442 g/mol. The van der Waals surface area contributed by atoms with Gasteiger partial charge in [-0.25, -0.2) is 0 Å². The summed E-state index contributed by atoms with van der Waals surface area (Å²) in [5, 5.41) is 15.1. The van der Waals surface area contributed by atoms with E-state index in [1.807, 2.05) is 72.5 Å². The molecule has 7 heteroatoms. The van der Waals surface area contributed by atoms with E-state index in [1.165, 1.54) is 0 Å². The summed E-state index contributed by atoms with van der Waals surface area (Å²) in [4.78, 5) is 6.43. The number of halogens is 1. The average Bonchev–Trinajstić information content (AvgIpc) is 3.41. The molecule has 0 saturated carbocycles. The highest BCUT2D eigenvalue weighted by Crippen LogP contribution is 2.45. The number of phenolic OH excluding ortho intramolecular Hbond substituents is 1. The topological polar surface area (TPSA) is 61.5 Å². The molecule has 0 spiro atoms. The number of furan rings is 1. The van der Waals surface area contributed by atoms with Gasteiger partial charge in [-0.3, -0.25) is 4.98 Å². The first kappa shape index (κ1) is 20.5. The first-order chi connectivity index (χ1) is 15.5. The molecule has 0 radical (unpaired) electrons. The summed E-state index contributed by atoms with van der Waals surface area (Å²) < 4.78 is 6.37. The maximum Gasteiger partial charge on any atom is 0.174 e. The number of thiocarbonyl (C=S) groups is 1. The number of para-hydroxylation sites is 2. The van der Waals surface area contributed by atoms with Gasteiger partial charge < -0.3 is 19.7 Å². The van der Waals surface area contributed by atoms with E-state index >= 15 is 0 Å². The van der Waals surface area contributed by atoms with Crippen molar-refractivity contribution >= 4 is 34.6 Å². The van der Waals surface area contributed by atoms with Crippen LogP contribution in [0, 0.1) is 6.92 Å². The van der Waals surface area contributed by atoms with Crippen LogP contribution in [0.5, 0.6) is 5.75 Å². The molecule has 1 fully saturated rings. The highest BCUT2D eigenvalue weighted by atomic mass is 35.5. The molecule has 0 bridgehead atoms. The van der Waals surface area contributed by atoms with Gasteiger partial charge in [0.15, 0.2) is 5.11 Å². The Morgan fingerprint density at radius 2 is 1.88 bits per heavy atom. The second-order valence-corrected chi connectivity index (χ2v) is 8.47. The fourth-order valence-corrected chi connectivity index (χ4v) is 4.60. The Balaban J connectivity index is 1.63. The highest BCUT2D eigenvalue weighted by Gasteiger charge is 2.43. The molecule has 5 rings (SSSR count). The molecule has 0 aliphatic carbocycles. The number of aromatic hydroxyl groups is 1. The number of nitrogens with zero attached hydrogens (tertiary/aromatic N) is 2. The summed E-state index contributed by atoms with van der Waals surface area (Å²) in [6.45, 7) is 2.02. The first-order valence-electron chi connectivity index (χ1n) is 10.2. The summed E-state index contributed by atoms with van der Waals surface area (Å²) in [7, 11) is 0. The Kier molecular flexibility index (Phi) is 5.33. The number of aromatic nitrogens is 1. The summed E-state index contributed by atoms with van der Waals surface area (Å²) in [6.07, 6.45) is 1.75. The molecule has 2 aromatic carbocycles. The number of hydrogen-bond acceptors (Lipinski definition) is 4. The fraction of sp³-hybridized carbons (Fsp3) is 0.120. The van der Waals surface area contributed by atoms with Gasteiger partial charge in [0.1, 0.15) is 23.3 Å². The van der Waals surface area contributed by atoms with Gasteiger partial charge in [-0.05, 0) is 73.2 Å². The van der Waals surface area contributed by atoms with E-state index in [-0.39, 0.29) is 17.8 Å². The number of hydrogen-bond donors (Lipinski definition) is 2. The molecule has 1 aliphatic heterocycles. The SMILES string of the molecule is Cc1ccc(Cl)cc1-c1ccc([C@H]2[C@@H](c3ccccn3)NC(=S)N2c2ccccc2O)o1. The number of benzene rings is 2. The van der Waals surface area contributed by atoms with Crippen LogP contribution in [0.3, 0.4) is 0 Å². The second kappa shape index (κ2) is 8.30. The van der Waals surface area contributed by atoms with Gasteiger partial charge in [0.25, 0.3) is 0 Å². The van der Waals surface area contributed by atoms with Crippen LogP contribution in [-0.4, -0.2) is 15.2 Å². The molecule has 1 saturated heterocycles. The smallest absolute Gasteiger partial charge is 0.174 e. The lowest BCUT2D eigenvalue weighted by Crippen LogP contribution is -2.29. The zero-order valence-corrected chi connectivity index (χ0v) is 18.8. The highest BCUT2D eigenvalue weighted by molar-refractivity contribution is 7.80. The normalized spacial score (nSPS) is 18.1. The van der Waals surface area contributed by atoms with Gasteiger partial charge in [-0.2, -0.15) is 0 Å². The predicted molar refractivity (Wildman–Crippen MR) is 130 cm³/mol. The molecule has 3 heterocycles. The molecule has 32 heavy (non-hydrogen) atoms. The first-order valence-corrected chi connectivity index (χ1v) is 11.0. The van der Waals surface area contributed by atoms with Crippen LogP contribution in [0.25, 0.3) is 11.3 Å². The summed E-state index contributed by atoms with van der Waals surface area (Å²) in [5.41, 5.74) is 3.43. The van der Waals surface area contributed by atoms with Crippen molar-refractivity contribution in [2.24, 2.45) is 0 Å². The molecule has 2 atom stereocenters. The van der Waals surface area contributed by atoms with Crippen LogP contribution in [-0.2, 0) is 0 Å². The van der Waals surface area contributed by atoms with Gasteiger partial charge in [-0.1, -0.05) is 35.9 Å². The minimum absolute atomic E-state index is 0.140. The van der Waals surface area contributed by atoms with Crippen molar-refractivity contribution in [1.29, 1.82) is 0 Å². The van der Waals surface area contributed by atoms with Gasteiger partial charge >= 0.3 is 0 Å². The summed E-state index contributed by atoms with van der Waals surface area (Å²) in [5.74, 6) is 1.56. The largest absolute Gasteiger partial charge is 0.506 e. The maximum atomic E-state index is 10.6. The standard InChI is InChI=1S/C25H20ClN3O2S/c1-15-9-10-16(26)14-17(15)21-11-12-22(31-21)24-23(18-6-4-5-13-27-18)28-25(32)29(24)19-7-2-3-8-20(19)30/h2-14,23-24,30H,1H3,(H,28,32)/t23-,24+/m1/s1. The van der Waals surface area contributed by atoms with Crippen molar-refractivity contribution < 1.29 is 9.52 Å². The van der Waals surface area contributed by atoms with Crippen molar-refractivity contribution in [2.75, 3.05) is 4.90 Å². The molecule has 2 aromatic heterocycles. The minimum Gasteiger partial charge on any atom is -0.506 e. The molecule has 0 unspecified atom stereocenters. The average molecular weight is 462 g/mol. The number of nitrogens with one attached hydrogen (secondary N) is 1. The molecular formula is C25H20ClN3O2S. The lowest BCUT2D eigenvalue weighted by Gasteiger charge is -2.26. The molecule has 4 aromatic rings. The summed E-state index contributed by atoms with van der Waals surface area (Å²) >= 11 is 11.9. The predicted octanol–water partition coefficient (Wildman–Crippen LogP) is 6.19. The monoisotopic (exact) mass is 461 g/mol. The maximum absolute atomic E-state index is 10.6. The van der Waals surface area contributed by atoms with Gasteiger partial charge in [0.05, 0.1) is 17.4 Å². The van der Waals surface area contributed by atoms with E-state index in [2.05, 4.69) is 10.3 Å². The fourth-order valence-electron chi connectivity index (χ4n) is 4.09. The van der Waals surface area contributed by atoms with E-state index in [9.17, 15) is 5.11 Å². The second-order valence-electron chi connectivity index (χ2n) is 7.65.